The molecule has 1 atom stereocenters. The molecule has 0 bridgehead atoms. The first-order chi connectivity index (χ1) is 9.06. The lowest BCUT2D eigenvalue weighted by Crippen LogP contribution is -2.40. The Morgan fingerprint density at radius 1 is 1.47 bits per heavy atom. The van der Waals surface area contributed by atoms with E-state index in [-0.39, 0.29) is 12.5 Å². The van der Waals surface area contributed by atoms with Gasteiger partial charge in [-0.1, -0.05) is 12.1 Å². The van der Waals surface area contributed by atoms with Crippen LogP contribution >= 0.6 is 0 Å². The molecule has 2 N–H and O–H groups in total. The first-order valence-corrected chi connectivity index (χ1v) is 6.39. The van der Waals surface area contributed by atoms with Crippen LogP contribution in [0.2, 0.25) is 0 Å². The molecular formula is C14H18N2O3. The van der Waals surface area contributed by atoms with Gasteiger partial charge < -0.3 is 10.4 Å². The minimum Gasteiger partial charge on any atom is -0.480 e. The van der Waals surface area contributed by atoms with Crippen molar-refractivity contribution in [2.24, 2.45) is 0 Å². The lowest BCUT2D eigenvalue weighted by molar-refractivity contribution is -0.142. The Kier molecular flexibility index (Phi) is 4.16. The predicted octanol–water partition coefficient (Wildman–Crippen LogP) is 1.48. The molecule has 1 aliphatic rings. The first kappa shape index (κ1) is 13.5. The van der Waals surface area contributed by atoms with Crippen molar-refractivity contribution in [3.05, 3.63) is 29.8 Å². The van der Waals surface area contributed by atoms with Gasteiger partial charge in [-0.25, -0.2) is 0 Å². The highest BCUT2D eigenvalue weighted by molar-refractivity contribution is 5.92. The summed E-state index contributed by atoms with van der Waals surface area (Å²) in [5.74, 6) is -1.01. The van der Waals surface area contributed by atoms with E-state index in [1.54, 1.807) is 4.90 Å². The molecule has 2 rings (SSSR count). The second-order valence-electron chi connectivity index (χ2n) is 4.88. The summed E-state index contributed by atoms with van der Waals surface area (Å²) in [5, 5.41) is 11.8. The lowest BCUT2D eigenvalue weighted by atomic mass is 10.2. The predicted molar refractivity (Wildman–Crippen MR) is 72.0 cm³/mol. The van der Waals surface area contributed by atoms with Gasteiger partial charge in [0.1, 0.15) is 6.04 Å². The van der Waals surface area contributed by atoms with Gasteiger partial charge in [-0.05, 0) is 44.0 Å². The van der Waals surface area contributed by atoms with Crippen molar-refractivity contribution in [2.75, 3.05) is 18.4 Å². The monoisotopic (exact) mass is 262 g/mol. The fourth-order valence-electron chi connectivity index (χ4n) is 2.40. The minimum absolute atomic E-state index is 0.130. The highest BCUT2D eigenvalue weighted by atomic mass is 16.4. The number of carbonyl (C=O) groups excluding carboxylic acids is 1. The molecule has 19 heavy (non-hydrogen) atoms. The molecule has 0 spiro atoms. The van der Waals surface area contributed by atoms with Crippen LogP contribution in [0.1, 0.15) is 18.4 Å². The SMILES string of the molecule is Cc1cccc(NC(=O)CN2CCCC2C(=O)O)c1. The Labute approximate surface area is 112 Å². The smallest absolute Gasteiger partial charge is 0.320 e. The number of anilines is 1. The molecule has 0 saturated carbocycles. The van der Waals surface area contributed by atoms with Crippen molar-refractivity contribution in [1.29, 1.82) is 0 Å². The van der Waals surface area contributed by atoms with Crippen molar-refractivity contribution < 1.29 is 14.7 Å². The maximum Gasteiger partial charge on any atom is 0.320 e. The summed E-state index contributed by atoms with van der Waals surface area (Å²) in [5.41, 5.74) is 1.82. The van der Waals surface area contributed by atoms with E-state index >= 15 is 0 Å². The summed E-state index contributed by atoms with van der Waals surface area (Å²) in [7, 11) is 0. The van der Waals surface area contributed by atoms with E-state index in [4.69, 9.17) is 5.11 Å². The summed E-state index contributed by atoms with van der Waals surface area (Å²) < 4.78 is 0. The normalized spacial score (nSPS) is 19.3. The zero-order chi connectivity index (χ0) is 13.8. The highest BCUT2D eigenvalue weighted by Crippen LogP contribution is 2.17. The van der Waals surface area contributed by atoms with Crippen LogP contribution in [0.5, 0.6) is 0 Å². The van der Waals surface area contributed by atoms with Crippen molar-refractivity contribution in [2.45, 2.75) is 25.8 Å². The summed E-state index contributed by atoms with van der Waals surface area (Å²) in [6.45, 7) is 2.75. The number of nitrogens with one attached hydrogen (secondary N) is 1. The Morgan fingerprint density at radius 2 is 2.26 bits per heavy atom. The molecule has 1 fully saturated rings. The quantitative estimate of drug-likeness (QED) is 0.862. The van der Waals surface area contributed by atoms with E-state index in [2.05, 4.69) is 5.32 Å². The standard InChI is InChI=1S/C14H18N2O3/c1-10-4-2-5-11(8-10)15-13(17)9-16-7-3-6-12(16)14(18)19/h2,4-5,8,12H,3,6-7,9H2,1H3,(H,15,17)(H,18,19). The van der Waals surface area contributed by atoms with Crippen molar-refractivity contribution >= 4 is 17.6 Å². The van der Waals surface area contributed by atoms with Gasteiger partial charge in [-0.2, -0.15) is 0 Å². The third-order valence-corrected chi connectivity index (χ3v) is 3.30. The van der Waals surface area contributed by atoms with E-state index in [1.807, 2.05) is 31.2 Å². The molecule has 1 amide bonds. The zero-order valence-electron chi connectivity index (χ0n) is 10.9. The molecule has 0 aromatic heterocycles. The van der Waals surface area contributed by atoms with Crippen LogP contribution < -0.4 is 5.32 Å². The van der Waals surface area contributed by atoms with Gasteiger partial charge in [0.25, 0.3) is 0 Å². The second-order valence-corrected chi connectivity index (χ2v) is 4.88. The Bertz CT molecular complexity index is 487. The van der Waals surface area contributed by atoms with Gasteiger partial charge in [0.05, 0.1) is 6.54 Å². The number of likely N-dealkylation sites (tertiary alicyclic amines) is 1. The molecule has 102 valence electrons. The number of carboxylic acids is 1. The fraction of sp³-hybridized carbons (Fsp3) is 0.429. The number of benzene rings is 1. The Balaban J connectivity index is 1.92. The fourth-order valence-corrected chi connectivity index (χ4v) is 2.40. The maximum atomic E-state index is 11.9. The van der Waals surface area contributed by atoms with E-state index in [1.165, 1.54) is 0 Å². The molecular weight excluding hydrogens is 244 g/mol. The number of carboxylic acid groups (broad SMARTS) is 1. The number of aliphatic carboxylic acids is 1. The Hall–Kier alpha value is -1.88. The van der Waals surface area contributed by atoms with E-state index in [9.17, 15) is 9.59 Å². The van der Waals surface area contributed by atoms with Gasteiger partial charge in [-0.3, -0.25) is 14.5 Å². The molecule has 5 nitrogen and oxygen atoms in total. The highest BCUT2D eigenvalue weighted by Gasteiger charge is 2.31. The molecule has 1 saturated heterocycles. The van der Waals surface area contributed by atoms with Gasteiger partial charge in [0.15, 0.2) is 0 Å². The summed E-state index contributed by atoms with van der Waals surface area (Å²) in [4.78, 5) is 24.6. The van der Waals surface area contributed by atoms with E-state index in [0.717, 1.165) is 17.7 Å². The molecule has 1 aromatic carbocycles. The first-order valence-electron chi connectivity index (χ1n) is 6.39. The van der Waals surface area contributed by atoms with Gasteiger partial charge in [-0.15, -0.1) is 0 Å². The molecule has 0 aliphatic carbocycles. The number of aryl methyl sites for hydroxylation is 1. The largest absolute Gasteiger partial charge is 0.480 e. The average molecular weight is 262 g/mol. The summed E-state index contributed by atoms with van der Waals surface area (Å²) in [6, 6.07) is 7.01. The number of hydrogen-bond donors (Lipinski definition) is 2. The zero-order valence-corrected chi connectivity index (χ0v) is 10.9. The topological polar surface area (TPSA) is 69.6 Å². The third-order valence-electron chi connectivity index (χ3n) is 3.30. The molecule has 1 unspecified atom stereocenters. The second kappa shape index (κ2) is 5.84. The maximum absolute atomic E-state index is 11.9. The van der Waals surface area contributed by atoms with Crippen LogP contribution in [-0.2, 0) is 9.59 Å². The number of rotatable bonds is 4. The van der Waals surface area contributed by atoms with Gasteiger partial charge >= 0.3 is 5.97 Å². The van der Waals surface area contributed by atoms with Crippen LogP contribution in [0.15, 0.2) is 24.3 Å². The molecule has 1 aliphatic heterocycles. The average Bonchev–Trinajstić information content (AvgIpc) is 2.76. The summed E-state index contributed by atoms with van der Waals surface area (Å²) in [6.07, 6.45) is 1.45. The molecule has 1 aromatic rings. The minimum atomic E-state index is -0.846. The van der Waals surface area contributed by atoms with Crippen LogP contribution in [-0.4, -0.2) is 41.0 Å². The van der Waals surface area contributed by atoms with Gasteiger partial charge in [0.2, 0.25) is 5.91 Å². The van der Waals surface area contributed by atoms with Crippen LogP contribution in [0, 0.1) is 6.92 Å². The van der Waals surface area contributed by atoms with Crippen molar-refractivity contribution in [1.82, 2.24) is 4.90 Å². The van der Waals surface area contributed by atoms with Crippen molar-refractivity contribution in [3.8, 4) is 0 Å². The van der Waals surface area contributed by atoms with E-state index in [0.29, 0.717) is 13.0 Å². The van der Waals surface area contributed by atoms with Crippen LogP contribution in [0.3, 0.4) is 0 Å². The molecule has 0 radical (unpaired) electrons. The summed E-state index contributed by atoms with van der Waals surface area (Å²) >= 11 is 0. The number of nitrogens with zero attached hydrogens (tertiary/aromatic N) is 1. The molecule has 5 heteroatoms. The number of hydrogen-bond acceptors (Lipinski definition) is 3. The molecule has 1 heterocycles. The van der Waals surface area contributed by atoms with Crippen molar-refractivity contribution in [3.63, 3.8) is 0 Å². The lowest BCUT2D eigenvalue weighted by Gasteiger charge is -2.20. The van der Waals surface area contributed by atoms with E-state index < -0.39 is 12.0 Å². The Morgan fingerprint density at radius 3 is 2.95 bits per heavy atom. The third kappa shape index (κ3) is 3.54. The number of carbonyl (C=O) groups is 2. The van der Waals surface area contributed by atoms with Crippen LogP contribution in [0.4, 0.5) is 5.69 Å². The van der Waals surface area contributed by atoms with Gasteiger partial charge in [0, 0.05) is 5.69 Å². The van der Waals surface area contributed by atoms with Crippen LogP contribution in [0.25, 0.3) is 0 Å². The number of amides is 1.